The molecule has 5 nitrogen and oxygen atoms in total. The number of carboxylic acids is 1. The van der Waals surface area contributed by atoms with E-state index in [4.69, 9.17) is 9.15 Å². The van der Waals surface area contributed by atoms with Crippen LogP contribution in [0.3, 0.4) is 0 Å². The maximum absolute atomic E-state index is 11.2. The van der Waals surface area contributed by atoms with Crippen molar-refractivity contribution in [3.05, 3.63) is 46.3 Å². The molecule has 1 aromatic carbocycles. The Morgan fingerprint density at radius 3 is 2.90 bits per heavy atom. The summed E-state index contributed by atoms with van der Waals surface area (Å²) in [5.74, 6) is 0.256. The van der Waals surface area contributed by atoms with Gasteiger partial charge in [0.1, 0.15) is 17.9 Å². The van der Waals surface area contributed by atoms with E-state index in [-0.39, 0.29) is 5.56 Å². The second-order valence-electron chi connectivity index (χ2n) is 4.43. The number of nitrogens with zero attached hydrogens (tertiary/aromatic N) is 1. The third-order valence-electron chi connectivity index (χ3n) is 3.15. The first-order valence-corrected chi connectivity index (χ1v) is 6.93. The number of anilines is 1. The molecule has 104 valence electrons. The number of aromatic carboxylic acids is 1. The number of furan rings is 1. The van der Waals surface area contributed by atoms with E-state index in [2.05, 4.69) is 20.8 Å². The number of carbonyl (C=O) groups is 1. The Labute approximate surface area is 123 Å². The second kappa shape index (κ2) is 5.20. The summed E-state index contributed by atoms with van der Waals surface area (Å²) in [6, 6.07) is 8.86. The van der Waals surface area contributed by atoms with Crippen molar-refractivity contribution < 1.29 is 19.1 Å². The van der Waals surface area contributed by atoms with Crippen LogP contribution in [-0.4, -0.2) is 24.2 Å². The molecule has 1 aliphatic heterocycles. The van der Waals surface area contributed by atoms with Crippen LogP contribution < -0.4 is 9.64 Å². The molecule has 0 amide bonds. The van der Waals surface area contributed by atoms with Crippen LogP contribution in [0.15, 0.2) is 39.4 Å². The lowest BCUT2D eigenvalue weighted by Crippen LogP contribution is -2.32. The fourth-order valence-electron chi connectivity index (χ4n) is 2.26. The minimum Gasteiger partial charge on any atom is -0.489 e. The normalized spacial score (nSPS) is 13.8. The highest BCUT2D eigenvalue weighted by atomic mass is 79.9. The van der Waals surface area contributed by atoms with Gasteiger partial charge >= 0.3 is 5.97 Å². The van der Waals surface area contributed by atoms with E-state index in [1.165, 1.54) is 0 Å². The van der Waals surface area contributed by atoms with Crippen LogP contribution in [0.2, 0.25) is 0 Å². The van der Waals surface area contributed by atoms with E-state index < -0.39 is 5.97 Å². The molecular weight excluding hydrogens is 326 g/mol. The highest BCUT2D eigenvalue weighted by Crippen LogP contribution is 2.36. The SMILES string of the molecule is O=C(O)c1cccc2c1OCCN2Cc1ccc(Br)o1. The zero-order valence-electron chi connectivity index (χ0n) is 10.5. The molecule has 0 aliphatic carbocycles. The highest BCUT2D eigenvalue weighted by molar-refractivity contribution is 9.10. The maximum atomic E-state index is 11.2. The standard InChI is InChI=1S/C14H12BrNO4/c15-12-5-4-9(20-12)8-16-6-7-19-13-10(14(17)18)2-1-3-11(13)16/h1-5H,6-8H2,(H,17,18). The van der Waals surface area contributed by atoms with Crippen molar-refractivity contribution in [3.63, 3.8) is 0 Å². The van der Waals surface area contributed by atoms with Gasteiger partial charge in [0.15, 0.2) is 10.4 Å². The lowest BCUT2D eigenvalue weighted by atomic mass is 10.1. The van der Waals surface area contributed by atoms with Gasteiger partial charge in [-0.15, -0.1) is 0 Å². The average molecular weight is 338 g/mol. The minimum absolute atomic E-state index is 0.188. The van der Waals surface area contributed by atoms with Crippen molar-refractivity contribution in [1.29, 1.82) is 0 Å². The summed E-state index contributed by atoms with van der Waals surface area (Å²) in [6.45, 7) is 1.72. The molecule has 0 radical (unpaired) electrons. The second-order valence-corrected chi connectivity index (χ2v) is 5.22. The molecule has 0 fully saturated rings. The highest BCUT2D eigenvalue weighted by Gasteiger charge is 2.24. The summed E-state index contributed by atoms with van der Waals surface area (Å²) >= 11 is 3.27. The summed E-state index contributed by atoms with van der Waals surface area (Å²) < 4.78 is 11.7. The van der Waals surface area contributed by atoms with Gasteiger partial charge in [-0.05, 0) is 40.2 Å². The smallest absolute Gasteiger partial charge is 0.339 e. The Bertz CT molecular complexity index is 652. The fourth-order valence-corrected chi connectivity index (χ4v) is 2.60. The van der Waals surface area contributed by atoms with Crippen LogP contribution in [0.4, 0.5) is 5.69 Å². The van der Waals surface area contributed by atoms with Crippen molar-refractivity contribution in [2.75, 3.05) is 18.1 Å². The van der Waals surface area contributed by atoms with Gasteiger partial charge in [0.2, 0.25) is 0 Å². The zero-order valence-corrected chi connectivity index (χ0v) is 12.1. The minimum atomic E-state index is -0.982. The number of hydrogen-bond acceptors (Lipinski definition) is 4. The summed E-state index contributed by atoms with van der Waals surface area (Å²) in [5, 5.41) is 9.20. The Kier molecular flexibility index (Phi) is 3.40. The molecule has 2 aromatic rings. The van der Waals surface area contributed by atoms with Crippen molar-refractivity contribution in [1.82, 2.24) is 0 Å². The number of para-hydroxylation sites is 1. The van der Waals surface area contributed by atoms with Gasteiger partial charge in [0, 0.05) is 0 Å². The predicted molar refractivity (Wildman–Crippen MR) is 76.4 cm³/mol. The third kappa shape index (κ3) is 2.38. The number of ether oxygens (including phenoxy) is 1. The van der Waals surface area contributed by atoms with Crippen molar-refractivity contribution >= 4 is 27.6 Å². The van der Waals surface area contributed by atoms with Crippen LogP contribution in [0.5, 0.6) is 5.75 Å². The van der Waals surface area contributed by atoms with E-state index in [0.717, 1.165) is 11.4 Å². The van der Waals surface area contributed by atoms with Crippen molar-refractivity contribution in [2.24, 2.45) is 0 Å². The topological polar surface area (TPSA) is 62.9 Å². The van der Waals surface area contributed by atoms with Crippen molar-refractivity contribution in [3.8, 4) is 5.75 Å². The van der Waals surface area contributed by atoms with Crippen LogP contribution in [0, 0.1) is 0 Å². The molecule has 2 heterocycles. The summed E-state index contributed by atoms with van der Waals surface area (Å²) in [5.41, 5.74) is 0.969. The van der Waals surface area contributed by atoms with Gasteiger partial charge in [-0.3, -0.25) is 0 Å². The van der Waals surface area contributed by atoms with E-state index in [1.807, 2.05) is 18.2 Å². The zero-order chi connectivity index (χ0) is 14.1. The molecule has 20 heavy (non-hydrogen) atoms. The Balaban J connectivity index is 1.94. The molecule has 0 spiro atoms. The first-order chi connectivity index (χ1) is 9.65. The summed E-state index contributed by atoms with van der Waals surface area (Å²) in [6.07, 6.45) is 0. The lowest BCUT2D eigenvalue weighted by Gasteiger charge is -2.31. The maximum Gasteiger partial charge on any atom is 0.339 e. The van der Waals surface area contributed by atoms with Crippen LogP contribution in [-0.2, 0) is 6.54 Å². The van der Waals surface area contributed by atoms with E-state index >= 15 is 0 Å². The van der Waals surface area contributed by atoms with Gasteiger partial charge in [0.05, 0.1) is 18.8 Å². The number of rotatable bonds is 3. The Morgan fingerprint density at radius 1 is 1.35 bits per heavy atom. The average Bonchev–Trinajstić information content (AvgIpc) is 2.84. The van der Waals surface area contributed by atoms with Gasteiger partial charge < -0.3 is 19.2 Å². The molecule has 0 atom stereocenters. The van der Waals surface area contributed by atoms with Crippen molar-refractivity contribution in [2.45, 2.75) is 6.54 Å². The third-order valence-corrected chi connectivity index (χ3v) is 3.57. The van der Waals surface area contributed by atoms with Gasteiger partial charge in [0.25, 0.3) is 0 Å². The quantitative estimate of drug-likeness (QED) is 0.932. The molecule has 6 heteroatoms. The molecule has 3 rings (SSSR count). The predicted octanol–water partition coefficient (Wildman–Crippen LogP) is 3.14. The molecule has 1 N–H and O–H groups in total. The fraction of sp³-hybridized carbons (Fsp3) is 0.214. The van der Waals surface area contributed by atoms with Crippen LogP contribution in [0.1, 0.15) is 16.1 Å². The van der Waals surface area contributed by atoms with E-state index in [0.29, 0.717) is 30.1 Å². The molecule has 1 aliphatic rings. The number of benzene rings is 1. The molecule has 0 saturated carbocycles. The van der Waals surface area contributed by atoms with Gasteiger partial charge in [-0.25, -0.2) is 4.79 Å². The number of carboxylic acid groups (broad SMARTS) is 1. The van der Waals surface area contributed by atoms with Crippen LogP contribution in [0.25, 0.3) is 0 Å². The van der Waals surface area contributed by atoms with Gasteiger partial charge in [-0.1, -0.05) is 6.07 Å². The molecule has 0 saturated heterocycles. The molecular formula is C14H12BrNO4. The number of hydrogen-bond donors (Lipinski definition) is 1. The van der Waals surface area contributed by atoms with E-state index in [9.17, 15) is 9.90 Å². The first kappa shape index (κ1) is 13.1. The molecule has 1 aromatic heterocycles. The largest absolute Gasteiger partial charge is 0.489 e. The summed E-state index contributed by atoms with van der Waals surface area (Å²) in [4.78, 5) is 13.3. The summed E-state index contributed by atoms with van der Waals surface area (Å²) in [7, 11) is 0. The Hall–Kier alpha value is -1.95. The monoisotopic (exact) mass is 337 g/mol. The Morgan fingerprint density at radius 2 is 2.20 bits per heavy atom. The molecule has 0 bridgehead atoms. The molecule has 0 unspecified atom stereocenters. The van der Waals surface area contributed by atoms with E-state index in [1.54, 1.807) is 12.1 Å². The first-order valence-electron chi connectivity index (χ1n) is 6.13. The number of fused-ring (bicyclic) bond motifs is 1. The van der Waals surface area contributed by atoms with Crippen LogP contribution >= 0.6 is 15.9 Å². The lowest BCUT2D eigenvalue weighted by molar-refractivity contribution is 0.0692. The van der Waals surface area contributed by atoms with Gasteiger partial charge in [-0.2, -0.15) is 0 Å². The number of halogens is 1.